The number of hydrogen-bond donors (Lipinski definition) is 3. The normalized spacial score (nSPS) is 13.9. The quantitative estimate of drug-likeness (QED) is 0.754. The number of nitrogens with two attached hydrogens (primary N) is 1. The maximum absolute atomic E-state index is 11.9. The van der Waals surface area contributed by atoms with Crippen LogP contribution in [0.4, 0.5) is 0 Å². The van der Waals surface area contributed by atoms with Crippen LogP contribution in [0.3, 0.4) is 0 Å². The molecule has 0 bridgehead atoms. The smallest absolute Gasteiger partial charge is 0.226 e. The fourth-order valence-corrected chi connectivity index (χ4v) is 1.52. The number of amides is 1. The van der Waals surface area contributed by atoms with Crippen molar-refractivity contribution in [3.05, 3.63) is 17.5 Å². The summed E-state index contributed by atoms with van der Waals surface area (Å²) in [5.74, 6) is 0.246. The molecule has 1 aromatic heterocycles. The van der Waals surface area contributed by atoms with Crippen molar-refractivity contribution in [1.82, 2.24) is 15.5 Å². The predicted molar refractivity (Wildman–Crippen MR) is 74.7 cm³/mol. The van der Waals surface area contributed by atoms with E-state index in [0.717, 1.165) is 11.4 Å². The standard InChI is InChI=1S/C12H22N4O.ClH/c1-8(2)12(4,7-13)14-11(17)6-10-5-9(3)15-16-10;/h5,8H,6-7,13H2,1-4H3,(H,14,17)(H,15,16);1H. The molecule has 0 aliphatic carbocycles. The highest BCUT2D eigenvalue weighted by atomic mass is 35.5. The molecule has 5 nitrogen and oxygen atoms in total. The summed E-state index contributed by atoms with van der Waals surface area (Å²) >= 11 is 0. The second-order valence-corrected chi connectivity index (χ2v) is 5.04. The second kappa shape index (κ2) is 6.75. The van der Waals surface area contributed by atoms with Crippen molar-refractivity contribution < 1.29 is 4.79 Å². The Labute approximate surface area is 114 Å². The van der Waals surface area contributed by atoms with E-state index in [4.69, 9.17) is 5.73 Å². The molecular weight excluding hydrogens is 252 g/mol. The zero-order valence-corrected chi connectivity index (χ0v) is 12.2. The fraction of sp³-hybridized carbons (Fsp3) is 0.667. The Kier molecular flexibility index (Phi) is 6.35. The van der Waals surface area contributed by atoms with Crippen LogP contribution in [0.2, 0.25) is 0 Å². The van der Waals surface area contributed by atoms with Gasteiger partial charge in [0, 0.05) is 12.2 Å². The van der Waals surface area contributed by atoms with E-state index < -0.39 is 0 Å². The van der Waals surface area contributed by atoms with Crippen LogP contribution in [-0.4, -0.2) is 28.2 Å². The molecule has 1 atom stereocenters. The molecular formula is C12H23ClN4O. The number of rotatable bonds is 5. The molecule has 0 aromatic carbocycles. The zero-order chi connectivity index (χ0) is 13.1. The molecule has 0 aliphatic rings. The minimum absolute atomic E-state index is 0. The van der Waals surface area contributed by atoms with Crippen molar-refractivity contribution in [3.63, 3.8) is 0 Å². The van der Waals surface area contributed by atoms with Crippen molar-refractivity contribution in [2.75, 3.05) is 6.54 Å². The number of hydrogen-bond acceptors (Lipinski definition) is 3. The van der Waals surface area contributed by atoms with E-state index in [-0.39, 0.29) is 36.2 Å². The van der Waals surface area contributed by atoms with Gasteiger partial charge in [0.1, 0.15) is 0 Å². The van der Waals surface area contributed by atoms with E-state index in [2.05, 4.69) is 15.5 Å². The highest BCUT2D eigenvalue weighted by Gasteiger charge is 2.28. The minimum atomic E-state index is -0.359. The van der Waals surface area contributed by atoms with Crippen LogP contribution in [-0.2, 0) is 11.2 Å². The third kappa shape index (κ3) is 4.31. The molecule has 1 amide bonds. The van der Waals surface area contributed by atoms with Crippen LogP contribution >= 0.6 is 12.4 Å². The molecule has 0 fully saturated rings. The lowest BCUT2D eigenvalue weighted by Crippen LogP contribution is -2.55. The Hall–Kier alpha value is -1.07. The summed E-state index contributed by atoms with van der Waals surface area (Å²) in [5, 5.41) is 9.84. The Bertz CT molecular complexity index is 391. The maximum Gasteiger partial charge on any atom is 0.226 e. The Morgan fingerprint density at radius 2 is 2.22 bits per heavy atom. The molecule has 1 unspecified atom stereocenters. The highest BCUT2D eigenvalue weighted by molar-refractivity contribution is 5.85. The van der Waals surface area contributed by atoms with Gasteiger partial charge in [-0.3, -0.25) is 9.89 Å². The van der Waals surface area contributed by atoms with E-state index in [1.165, 1.54) is 0 Å². The molecule has 0 radical (unpaired) electrons. The first-order valence-corrected chi connectivity index (χ1v) is 5.89. The van der Waals surface area contributed by atoms with Gasteiger partial charge in [-0.2, -0.15) is 5.10 Å². The predicted octanol–water partition coefficient (Wildman–Crippen LogP) is 1.17. The first-order chi connectivity index (χ1) is 7.87. The summed E-state index contributed by atoms with van der Waals surface area (Å²) in [6.07, 6.45) is 0.284. The van der Waals surface area contributed by atoms with Crippen LogP contribution in [0.1, 0.15) is 32.2 Å². The molecule has 4 N–H and O–H groups in total. The molecule has 1 heterocycles. The van der Waals surface area contributed by atoms with Gasteiger partial charge in [-0.1, -0.05) is 13.8 Å². The van der Waals surface area contributed by atoms with Crippen LogP contribution in [0.15, 0.2) is 6.07 Å². The van der Waals surface area contributed by atoms with Gasteiger partial charge in [0.05, 0.1) is 17.7 Å². The number of halogens is 1. The molecule has 0 aliphatic heterocycles. The minimum Gasteiger partial charge on any atom is -0.349 e. The van der Waals surface area contributed by atoms with Crippen molar-refractivity contribution >= 4 is 18.3 Å². The van der Waals surface area contributed by atoms with Gasteiger partial charge >= 0.3 is 0 Å². The van der Waals surface area contributed by atoms with Crippen molar-refractivity contribution in [1.29, 1.82) is 0 Å². The Morgan fingerprint density at radius 1 is 1.61 bits per heavy atom. The molecule has 0 saturated carbocycles. The molecule has 104 valence electrons. The summed E-state index contributed by atoms with van der Waals surface area (Å²) in [4.78, 5) is 11.9. The summed E-state index contributed by atoms with van der Waals surface area (Å²) in [5.41, 5.74) is 7.07. The summed E-state index contributed by atoms with van der Waals surface area (Å²) in [6, 6.07) is 1.87. The van der Waals surface area contributed by atoms with Crippen LogP contribution < -0.4 is 11.1 Å². The van der Waals surface area contributed by atoms with E-state index in [1.807, 2.05) is 33.8 Å². The van der Waals surface area contributed by atoms with E-state index in [0.29, 0.717) is 6.54 Å². The van der Waals surface area contributed by atoms with Gasteiger partial charge in [-0.25, -0.2) is 0 Å². The van der Waals surface area contributed by atoms with Crippen molar-refractivity contribution in [3.8, 4) is 0 Å². The average Bonchev–Trinajstić information content (AvgIpc) is 2.63. The molecule has 1 aromatic rings. The number of aromatic nitrogens is 2. The largest absolute Gasteiger partial charge is 0.349 e. The third-order valence-electron chi connectivity index (χ3n) is 3.22. The first-order valence-electron chi connectivity index (χ1n) is 5.89. The van der Waals surface area contributed by atoms with Gasteiger partial charge in [0.15, 0.2) is 0 Å². The van der Waals surface area contributed by atoms with E-state index >= 15 is 0 Å². The van der Waals surface area contributed by atoms with Gasteiger partial charge in [-0.15, -0.1) is 12.4 Å². The second-order valence-electron chi connectivity index (χ2n) is 5.04. The first kappa shape index (κ1) is 16.9. The van der Waals surface area contributed by atoms with E-state index in [9.17, 15) is 4.79 Å². The van der Waals surface area contributed by atoms with Crippen LogP contribution in [0, 0.1) is 12.8 Å². The lowest BCUT2D eigenvalue weighted by Gasteiger charge is -2.33. The van der Waals surface area contributed by atoms with Crippen LogP contribution in [0.25, 0.3) is 0 Å². The Balaban J connectivity index is 0.00000289. The SMILES string of the molecule is Cc1cc(CC(=O)NC(C)(CN)C(C)C)n[nH]1.Cl. The van der Waals surface area contributed by atoms with Gasteiger partial charge in [-0.05, 0) is 25.8 Å². The van der Waals surface area contributed by atoms with Gasteiger partial charge < -0.3 is 11.1 Å². The summed E-state index contributed by atoms with van der Waals surface area (Å²) in [7, 11) is 0. The zero-order valence-electron chi connectivity index (χ0n) is 11.4. The molecule has 6 heteroatoms. The number of nitrogens with zero attached hydrogens (tertiary/aromatic N) is 1. The number of carbonyl (C=O) groups excluding carboxylic acids is 1. The number of carbonyl (C=O) groups is 1. The summed E-state index contributed by atoms with van der Waals surface area (Å²) < 4.78 is 0. The topological polar surface area (TPSA) is 83.8 Å². The molecule has 18 heavy (non-hydrogen) atoms. The van der Waals surface area contributed by atoms with Gasteiger partial charge in [0.25, 0.3) is 0 Å². The average molecular weight is 275 g/mol. The lowest BCUT2D eigenvalue weighted by atomic mass is 9.88. The fourth-order valence-electron chi connectivity index (χ4n) is 1.52. The monoisotopic (exact) mass is 274 g/mol. The molecule has 0 spiro atoms. The molecule has 1 rings (SSSR count). The third-order valence-corrected chi connectivity index (χ3v) is 3.22. The lowest BCUT2D eigenvalue weighted by molar-refractivity contribution is -0.122. The highest BCUT2D eigenvalue weighted by Crippen LogP contribution is 2.14. The molecule has 0 saturated heterocycles. The number of nitrogens with one attached hydrogen (secondary N) is 2. The van der Waals surface area contributed by atoms with Crippen molar-refractivity contribution in [2.24, 2.45) is 11.7 Å². The maximum atomic E-state index is 11.9. The number of aryl methyl sites for hydroxylation is 1. The Morgan fingerprint density at radius 3 is 2.61 bits per heavy atom. The number of aromatic amines is 1. The van der Waals surface area contributed by atoms with Crippen LogP contribution in [0.5, 0.6) is 0 Å². The van der Waals surface area contributed by atoms with Crippen molar-refractivity contribution in [2.45, 2.75) is 39.7 Å². The van der Waals surface area contributed by atoms with Gasteiger partial charge in [0.2, 0.25) is 5.91 Å². The number of H-pyrrole nitrogens is 1. The summed E-state index contributed by atoms with van der Waals surface area (Å²) in [6.45, 7) is 8.39. The van der Waals surface area contributed by atoms with E-state index in [1.54, 1.807) is 0 Å².